The summed E-state index contributed by atoms with van der Waals surface area (Å²) in [6.07, 6.45) is 6.51. The summed E-state index contributed by atoms with van der Waals surface area (Å²) in [6.45, 7) is 9.42. The lowest BCUT2D eigenvalue weighted by Gasteiger charge is -2.23. The van der Waals surface area contributed by atoms with Gasteiger partial charge in [-0.25, -0.2) is 0 Å². The molecule has 24 heavy (non-hydrogen) atoms. The Labute approximate surface area is 143 Å². The standard InChI is InChI=1S/C19H27N3O2/c1-11(2)10-13-15(19(13,3)4)18(23)22-9-5-6-14(22)16-20-17(24-21-16)12-7-8-12/h10,12-15H,5-9H2,1-4H3. The monoisotopic (exact) mass is 329 g/mol. The Balaban J connectivity index is 1.52. The van der Waals surface area contributed by atoms with Crippen molar-refractivity contribution >= 4 is 5.91 Å². The molecule has 0 N–H and O–H groups in total. The van der Waals surface area contributed by atoms with E-state index in [0.717, 1.165) is 38.1 Å². The van der Waals surface area contributed by atoms with Crippen molar-refractivity contribution in [1.82, 2.24) is 15.0 Å². The van der Waals surface area contributed by atoms with Gasteiger partial charge in [0, 0.05) is 12.5 Å². The molecule has 1 aromatic rings. The van der Waals surface area contributed by atoms with Gasteiger partial charge in [-0.15, -0.1) is 0 Å². The predicted molar refractivity (Wildman–Crippen MR) is 90.2 cm³/mol. The third kappa shape index (κ3) is 2.58. The summed E-state index contributed by atoms with van der Waals surface area (Å²) in [7, 11) is 0. The average Bonchev–Trinajstić information content (AvgIpc) is 3.26. The molecule has 3 fully saturated rings. The van der Waals surface area contributed by atoms with Crippen LogP contribution in [0.5, 0.6) is 0 Å². The Hall–Kier alpha value is -1.65. The van der Waals surface area contributed by atoms with Crippen LogP contribution in [0.4, 0.5) is 0 Å². The highest BCUT2D eigenvalue weighted by Crippen LogP contribution is 2.60. The summed E-state index contributed by atoms with van der Waals surface area (Å²) in [5.74, 6) is 2.63. The van der Waals surface area contributed by atoms with Crippen LogP contribution in [0.1, 0.15) is 77.1 Å². The molecule has 3 unspecified atom stereocenters. The molecule has 4 rings (SSSR count). The second kappa shape index (κ2) is 5.43. The molecular weight excluding hydrogens is 302 g/mol. The molecule has 1 aliphatic heterocycles. The van der Waals surface area contributed by atoms with Crippen LogP contribution in [0.2, 0.25) is 0 Å². The van der Waals surface area contributed by atoms with E-state index in [1.54, 1.807) is 0 Å². The number of carbonyl (C=O) groups excluding carboxylic acids is 1. The Kier molecular flexibility index (Phi) is 3.59. The zero-order valence-corrected chi connectivity index (χ0v) is 15.1. The van der Waals surface area contributed by atoms with Crippen molar-refractivity contribution in [3.63, 3.8) is 0 Å². The molecule has 5 nitrogen and oxygen atoms in total. The maximum absolute atomic E-state index is 13.2. The molecule has 0 radical (unpaired) electrons. The first-order chi connectivity index (χ1) is 11.4. The summed E-state index contributed by atoms with van der Waals surface area (Å²) >= 11 is 0. The van der Waals surface area contributed by atoms with Crippen LogP contribution in [0.15, 0.2) is 16.2 Å². The molecular formula is C19H27N3O2. The number of rotatable bonds is 4. The Morgan fingerprint density at radius 1 is 1.29 bits per heavy atom. The van der Waals surface area contributed by atoms with Gasteiger partial charge in [0.05, 0.1) is 12.0 Å². The maximum Gasteiger partial charge on any atom is 0.229 e. The zero-order valence-electron chi connectivity index (χ0n) is 15.1. The number of aromatic nitrogens is 2. The lowest BCUT2D eigenvalue weighted by atomic mass is 10.1. The van der Waals surface area contributed by atoms with Gasteiger partial charge in [-0.2, -0.15) is 4.98 Å². The van der Waals surface area contributed by atoms with Crippen molar-refractivity contribution in [2.24, 2.45) is 17.3 Å². The van der Waals surface area contributed by atoms with Crippen molar-refractivity contribution in [2.75, 3.05) is 6.54 Å². The first-order valence-electron chi connectivity index (χ1n) is 9.18. The van der Waals surface area contributed by atoms with E-state index in [-0.39, 0.29) is 23.3 Å². The zero-order chi connectivity index (χ0) is 17.1. The number of amides is 1. The second-order valence-corrected chi connectivity index (χ2v) is 8.52. The number of nitrogens with zero attached hydrogens (tertiary/aromatic N) is 3. The first-order valence-corrected chi connectivity index (χ1v) is 9.18. The van der Waals surface area contributed by atoms with Gasteiger partial charge < -0.3 is 9.42 Å². The maximum atomic E-state index is 13.2. The molecule has 0 bridgehead atoms. The first kappa shape index (κ1) is 15.9. The highest BCUT2D eigenvalue weighted by atomic mass is 16.5. The van der Waals surface area contributed by atoms with Gasteiger partial charge in [0.2, 0.25) is 11.8 Å². The molecule has 2 heterocycles. The summed E-state index contributed by atoms with van der Waals surface area (Å²) < 4.78 is 5.41. The van der Waals surface area contributed by atoms with E-state index in [4.69, 9.17) is 4.52 Å². The lowest BCUT2D eigenvalue weighted by molar-refractivity contribution is -0.134. The van der Waals surface area contributed by atoms with Gasteiger partial charge in [-0.3, -0.25) is 4.79 Å². The number of allylic oxidation sites excluding steroid dienone is 2. The van der Waals surface area contributed by atoms with E-state index in [2.05, 4.69) is 43.9 Å². The van der Waals surface area contributed by atoms with E-state index < -0.39 is 0 Å². The van der Waals surface area contributed by atoms with Crippen molar-refractivity contribution in [3.05, 3.63) is 23.4 Å². The molecule has 3 aliphatic rings. The fourth-order valence-electron chi connectivity index (χ4n) is 4.18. The van der Waals surface area contributed by atoms with E-state index in [9.17, 15) is 4.79 Å². The van der Waals surface area contributed by atoms with Gasteiger partial charge in [-0.1, -0.05) is 30.7 Å². The average molecular weight is 329 g/mol. The van der Waals surface area contributed by atoms with Crippen LogP contribution >= 0.6 is 0 Å². The van der Waals surface area contributed by atoms with Crippen LogP contribution in [-0.2, 0) is 4.79 Å². The molecule has 1 saturated heterocycles. The molecule has 0 spiro atoms. The summed E-state index contributed by atoms with van der Waals surface area (Å²) in [5, 5.41) is 4.18. The quantitative estimate of drug-likeness (QED) is 0.787. The summed E-state index contributed by atoms with van der Waals surface area (Å²) in [6, 6.07) is -0.00231. The van der Waals surface area contributed by atoms with Crippen LogP contribution < -0.4 is 0 Å². The molecule has 1 aromatic heterocycles. The molecule has 2 aliphatic carbocycles. The van der Waals surface area contributed by atoms with Crippen molar-refractivity contribution in [2.45, 2.75) is 65.3 Å². The molecule has 1 amide bonds. The third-order valence-electron chi connectivity index (χ3n) is 5.91. The normalized spacial score (nSPS) is 31.2. The number of carbonyl (C=O) groups is 1. The van der Waals surface area contributed by atoms with E-state index in [0.29, 0.717) is 17.7 Å². The molecule has 5 heteroatoms. The Morgan fingerprint density at radius 2 is 2.04 bits per heavy atom. The van der Waals surface area contributed by atoms with Crippen LogP contribution in [-0.4, -0.2) is 27.5 Å². The Morgan fingerprint density at radius 3 is 2.71 bits per heavy atom. The summed E-state index contributed by atoms with van der Waals surface area (Å²) in [5.41, 5.74) is 1.34. The fourth-order valence-corrected chi connectivity index (χ4v) is 4.18. The fraction of sp³-hybridized carbons (Fsp3) is 0.737. The number of hydrogen-bond acceptors (Lipinski definition) is 4. The second-order valence-electron chi connectivity index (χ2n) is 8.52. The topological polar surface area (TPSA) is 59.2 Å². The van der Waals surface area contributed by atoms with Crippen molar-refractivity contribution < 1.29 is 9.32 Å². The highest BCUT2D eigenvalue weighted by Gasteiger charge is 2.62. The lowest BCUT2D eigenvalue weighted by Crippen LogP contribution is -2.33. The Bertz CT molecular complexity index is 683. The van der Waals surface area contributed by atoms with E-state index >= 15 is 0 Å². The minimum absolute atomic E-state index is 0.00231. The van der Waals surface area contributed by atoms with Crippen LogP contribution in [0, 0.1) is 17.3 Å². The third-order valence-corrected chi connectivity index (χ3v) is 5.91. The van der Waals surface area contributed by atoms with Crippen LogP contribution in [0.3, 0.4) is 0 Å². The smallest absolute Gasteiger partial charge is 0.229 e. The predicted octanol–water partition coefficient (Wildman–Crippen LogP) is 3.85. The van der Waals surface area contributed by atoms with Gasteiger partial charge in [0.1, 0.15) is 0 Å². The number of hydrogen-bond donors (Lipinski definition) is 0. The van der Waals surface area contributed by atoms with Crippen LogP contribution in [0.25, 0.3) is 0 Å². The van der Waals surface area contributed by atoms with Gasteiger partial charge in [0.25, 0.3) is 0 Å². The van der Waals surface area contributed by atoms with Gasteiger partial charge in [0.15, 0.2) is 5.82 Å². The van der Waals surface area contributed by atoms with Gasteiger partial charge >= 0.3 is 0 Å². The highest BCUT2D eigenvalue weighted by molar-refractivity contribution is 5.84. The van der Waals surface area contributed by atoms with Gasteiger partial charge in [-0.05, 0) is 50.9 Å². The minimum Gasteiger partial charge on any atom is -0.339 e. The molecule has 3 atom stereocenters. The molecule has 130 valence electrons. The summed E-state index contributed by atoms with van der Waals surface area (Å²) in [4.78, 5) is 19.8. The molecule has 0 aromatic carbocycles. The minimum atomic E-state index is -0.00231. The van der Waals surface area contributed by atoms with E-state index in [1.165, 1.54) is 5.57 Å². The van der Waals surface area contributed by atoms with Crippen molar-refractivity contribution in [1.29, 1.82) is 0 Å². The number of likely N-dealkylation sites (tertiary alicyclic amines) is 1. The largest absolute Gasteiger partial charge is 0.339 e. The SMILES string of the molecule is CC(C)=CC1C(C(=O)N2CCCC2c2noc(C3CC3)n2)C1(C)C. The van der Waals surface area contributed by atoms with E-state index in [1.807, 2.05) is 4.90 Å². The van der Waals surface area contributed by atoms with Crippen molar-refractivity contribution in [3.8, 4) is 0 Å². The molecule has 2 saturated carbocycles.